The van der Waals surface area contributed by atoms with Gasteiger partial charge in [-0.05, 0) is 30.3 Å². The summed E-state index contributed by atoms with van der Waals surface area (Å²) in [5, 5.41) is 2.73. The molecule has 0 aliphatic rings. The van der Waals surface area contributed by atoms with Crippen molar-refractivity contribution in [1.82, 2.24) is 9.97 Å². The van der Waals surface area contributed by atoms with E-state index in [4.69, 9.17) is 17.3 Å². The first-order valence-corrected chi connectivity index (χ1v) is 7.03. The van der Waals surface area contributed by atoms with Crippen LogP contribution in [0.5, 0.6) is 0 Å². The fourth-order valence-corrected chi connectivity index (χ4v) is 2.83. The van der Waals surface area contributed by atoms with Gasteiger partial charge in [-0.15, -0.1) is 11.3 Å². The van der Waals surface area contributed by atoms with Gasteiger partial charge in [-0.25, -0.2) is 14.4 Å². The number of halogens is 2. The fourth-order valence-electron chi connectivity index (χ4n) is 1.78. The Hall–Kier alpha value is -1.98. The van der Waals surface area contributed by atoms with Crippen molar-refractivity contribution in [3.8, 4) is 21.8 Å². The van der Waals surface area contributed by atoms with Crippen LogP contribution in [0.15, 0.2) is 41.9 Å². The zero-order chi connectivity index (χ0) is 14.1. The van der Waals surface area contributed by atoms with Gasteiger partial charge in [-0.2, -0.15) is 0 Å². The monoisotopic (exact) mass is 305 g/mol. The van der Waals surface area contributed by atoms with E-state index in [0.717, 1.165) is 21.8 Å². The molecule has 2 N–H and O–H groups in total. The van der Waals surface area contributed by atoms with Crippen molar-refractivity contribution in [3.05, 3.63) is 52.7 Å². The molecule has 0 spiro atoms. The van der Waals surface area contributed by atoms with Crippen molar-refractivity contribution in [2.24, 2.45) is 0 Å². The van der Waals surface area contributed by atoms with Crippen LogP contribution in [0.1, 0.15) is 0 Å². The molecule has 1 aromatic carbocycles. The highest BCUT2D eigenvalue weighted by Crippen LogP contribution is 2.32. The molecular formula is C14H9ClFN3S. The summed E-state index contributed by atoms with van der Waals surface area (Å²) < 4.78 is 13.2. The van der Waals surface area contributed by atoms with Crippen LogP contribution < -0.4 is 5.73 Å². The molecule has 3 rings (SSSR count). The predicted molar refractivity (Wildman–Crippen MR) is 80.2 cm³/mol. The largest absolute Gasteiger partial charge is 0.383 e. The first kappa shape index (κ1) is 13.0. The van der Waals surface area contributed by atoms with E-state index in [0.29, 0.717) is 5.82 Å². The van der Waals surface area contributed by atoms with Gasteiger partial charge >= 0.3 is 0 Å². The Morgan fingerprint density at radius 1 is 1.25 bits per heavy atom. The maximum Gasteiger partial charge on any atom is 0.141 e. The van der Waals surface area contributed by atoms with Crippen LogP contribution >= 0.6 is 22.9 Å². The lowest BCUT2D eigenvalue weighted by Gasteiger charge is -2.00. The lowest BCUT2D eigenvalue weighted by atomic mass is 10.2. The van der Waals surface area contributed by atoms with Gasteiger partial charge in [0, 0.05) is 17.1 Å². The molecule has 20 heavy (non-hydrogen) atoms. The molecule has 3 nitrogen and oxygen atoms in total. The number of nitrogens with two attached hydrogens (primary N) is 1. The summed E-state index contributed by atoms with van der Waals surface area (Å²) in [6.07, 6.45) is 1.63. The van der Waals surface area contributed by atoms with E-state index >= 15 is 0 Å². The fraction of sp³-hybridized carbons (Fsp3) is 0. The summed E-state index contributed by atoms with van der Waals surface area (Å²) in [6.45, 7) is 0. The van der Waals surface area contributed by atoms with Crippen molar-refractivity contribution in [3.63, 3.8) is 0 Å². The lowest BCUT2D eigenvalue weighted by Crippen LogP contribution is -1.92. The summed E-state index contributed by atoms with van der Waals surface area (Å²) in [6, 6.07) is 8.20. The summed E-state index contributed by atoms with van der Waals surface area (Å²) in [5.74, 6) is -0.00656. The third-order valence-corrected chi connectivity index (χ3v) is 3.95. The molecule has 0 saturated carbocycles. The zero-order valence-corrected chi connectivity index (χ0v) is 11.7. The van der Waals surface area contributed by atoms with Crippen molar-refractivity contribution < 1.29 is 4.39 Å². The molecule has 6 heteroatoms. The van der Waals surface area contributed by atoms with Gasteiger partial charge in [-0.1, -0.05) is 11.6 Å². The summed E-state index contributed by atoms with van der Waals surface area (Å²) in [5.41, 5.74) is 8.11. The second kappa shape index (κ2) is 5.19. The van der Waals surface area contributed by atoms with E-state index < -0.39 is 5.82 Å². The van der Waals surface area contributed by atoms with Crippen LogP contribution in [-0.2, 0) is 0 Å². The molecule has 0 saturated heterocycles. The predicted octanol–water partition coefficient (Wildman–Crippen LogP) is 4.25. The van der Waals surface area contributed by atoms with E-state index in [2.05, 4.69) is 9.97 Å². The van der Waals surface area contributed by atoms with Gasteiger partial charge in [0.05, 0.1) is 16.3 Å². The van der Waals surface area contributed by atoms with Gasteiger partial charge in [-0.3, -0.25) is 0 Å². The first-order chi connectivity index (χ1) is 9.65. The number of pyridine rings is 1. The zero-order valence-electron chi connectivity index (χ0n) is 10.2. The van der Waals surface area contributed by atoms with Crippen LogP contribution in [0.25, 0.3) is 21.8 Å². The number of nitrogen functional groups attached to an aromatic ring is 1. The minimum atomic E-state index is -0.442. The maximum atomic E-state index is 13.2. The number of hydrogen-bond acceptors (Lipinski definition) is 4. The highest BCUT2D eigenvalue weighted by atomic mass is 35.5. The lowest BCUT2D eigenvalue weighted by molar-refractivity contribution is 0.628. The van der Waals surface area contributed by atoms with Crippen molar-refractivity contribution in [2.45, 2.75) is 0 Å². The van der Waals surface area contributed by atoms with Gasteiger partial charge in [0.15, 0.2) is 0 Å². The van der Waals surface area contributed by atoms with Crippen LogP contribution in [0.3, 0.4) is 0 Å². The Morgan fingerprint density at radius 3 is 2.85 bits per heavy atom. The topological polar surface area (TPSA) is 51.8 Å². The summed E-state index contributed by atoms with van der Waals surface area (Å²) in [4.78, 5) is 8.54. The number of anilines is 1. The molecule has 0 amide bonds. The SMILES string of the molecule is Nc1ncccc1-c1nc(-c2ccc(F)c(Cl)c2)cs1. The second-order valence-corrected chi connectivity index (χ2v) is 5.37. The van der Waals surface area contributed by atoms with Crippen molar-refractivity contribution in [1.29, 1.82) is 0 Å². The van der Waals surface area contributed by atoms with Gasteiger partial charge < -0.3 is 5.73 Å². The Balaban J connectivity index is 2.02. The molecule has 2 aromatic heterocycles. The third kappa shape index (κ3) is 2.37. The molecule has 0 aliphatic heterocycles. The van der Waals surface area contributed by atoms with Gasteiger partial charge in [0.25, 0.3) is 0 Å². The number of rotatable bonds is 2. The smallest absolute Gasteiger partial charge is 0.141 e. The highest BCUT2D eigenvalue weighted by molar-refractivity contribution is 7.13. The molecule has 0 bridgehead atoms. The van der Waals surface area contributed by atoms with E-state index in [1.807, 2.05) is 17.5 Å². The second-order valence-electron chi connectivity index (χ2n) is 4.10. The van der Waals surface area contributed by atoms with Crippen LogP contribution in [-0.4, -0.2) is 9.97 Å². The molecular weight excluding hydrogens is 297 g/mol. The van der Waals surface area contributed by atoms with Crippen molar-refractivity contribution in [2.75, 3.05) is 5.73 Å². The minimum absolute atomic E-state index is 0.0814. The Labute approximate surface area is 123 Å². The number of thiazole rings is 1. The van der Waals surface area contributed by atoms with Crippen LogP contribution in [0.2, 0.25) is 5.02 Å². The molecule has 0 atom stereocenters. The number of aromatic nitrogens is 2. The van der Waals surface area contributed by atoms with E-state index in [1.54, 1.807) is 18.3 Å². The van der Waals surface area contributed by atoms with Crippen molar-refractivity contribution >= 4 is 28.8 Å². The summed E-state index contributed by atoms with van der Waals surface area (Å²) >= 11 is 7.24. The van der Waals surface area contributed by atoms with Crippen LogP contribution in [0.4, 0.5) is 10.2 Å². The summed E-state index contributed by atoms with van der Waals surface area (Å²) in [7, 11) is 0. The normalized spacial score (nSPS) is 10.7. The van der Waals surface area contributed by atoms with E-state index in [-0.39, 0.29) is 5.02 Å². The molecule has 3 aromatic rings. The minimum Gasteiger partial charge on any atom is -0.383 e. The molecule has 100 valence electrons. The first-order valence-electron chi connectivity index (χ1n) is 5.77. The maximum absolute atomic E-state index is 13.2. The molecule has 0 fully saturated rings. The average molecular weight is 306 g/mol. The van der Waals surface area contributed by atoms with Crippen LogP contribution in [0, 0.1) is 5.82 Å². The Kier molecular flexibility index (Phi) is 3.38. The third-order valence-electron chi connectivity index (χ3n) is 2.79. The molecule has 0 radical (unpaired) electrons. The molecule has 0 unspecified atom stereocenters. The Morgan fingerprint density at radius 2 is 2.10 bits per heavy atom. The number of benzene rings is 1. The van der Waals surface area contributed by atoms with E-state index in [1.165, 1.54) is 17.4 Å². The van der Waals surface area contributed by atoms with Gasteiger partial charge in [0.2, 0.25) is 0 Å². The average Bonchev–Trinajstić information content (AvgIpc) is 2.92. The van der Waals surface area contributed by atoms with Gasteiger partial charge in [0.1, 0.15) is 16.6 Å². The quantitative estimate of drug-likeness (QED) is 0.770. The Bertz CT molecular complexity index is 773. The standard InChI is InChI=1S/C14H9ClFN3S/c15-10-6-8(3-4-11(10)16)12-7-20-14(19-12)9-2-1-5-18-13(9)17/h1-7H,(H2,17,18). The highest BCUT2D eigenvalue weighted by Gasteiger charge is 2.10. The number of hydrogen-bond donors (Lipinski definition) is 1. The molecule has 2 heterocycles. The molecule has 0 aliphatic carbocycles. The van der Waals surface area contributed by atoms with E-state index in [9.17, 15) is 4.39 Å². The number of nitrogens with zero attached hydrogens (tertiary/aromatic N) is 2.